The van der Waals surface area contributed by atoms with E-state index in [1.54, 1.807) is 13.4 Å². The number of rotatable bonds is 4. The van der Waals surface area contributed by atoms with E-state index in [2.05, 4.69) is 4.98 Å². The zero-order valence-corrected chi connectivity index (χ0v) is 12.2. The smallest absolute Gasteiger partial charge is 0.178 e. The predicted molar refractivity (Wildman–Crippen MR) is 77.3 cm³/mol. The van der Waals surface area contributed by atoms with Crippen molar-refractivity contribution in [2.75, 3.05) is 19.1 Å². The molecule has 0 spiro atoms. The number of aromatic nitrogens is 2. The Labute approximate surface area is 113 Å². The SMILES string of the molecule is COc1ccc2c(c1)[nH]c(=S)n2C(C)CS(C)=O. The summed E-state index contributed by atoms with van der Waals surface area (Å²) in [6, 6.07) is 5.88. The molecule has 1 heterocycles. The van der Waals surface area contributed by atoms with Crippen LogP contribution in [0.5, 0.6) is 5.75 Å². The number of imidazole rings is 1. The summed E-state index contributed by atoms with van der Waals surface area (Å²) in [4.78, 5) is 3.15. The molecule has 98 valence electrons. The summed E-state index contributed by atoms with van der Waals surface area (Å²) >= 11 is 5.33. The number of hydrogen-bond acceptors (Lipinski definition) is 3. The van der Waals surface area contributed by atoms with E-state index in [-0.39, 0.29) is 6.04 Å². The summed E-state index contributed by atoms with van der Waals surface area (Å²) in [5.74, 6) is 1.38. The van der Waals surface area contributed by atoms with E-state index in [4.69, 9.17) is 17.0 Å². The predicted octanol–water partition coefficient (Wildman–Crippen LogP) is 2.65. The Kier molecular flexibility index (Phi) is 3.87. The number of hydrogen-bond donors (Lipinski definition) is 1. The van der Waals surface area contributed by atoms with E-state index in [9.17, 15) is 4.21 Å². The maximum absolute atomic E-state index is 11.3. The Bertz CT molecular complexity index is 645. The fourth-order valence-corrected chi connectivity index (χ4v) is 3.31. The number of nitrogens with one attached hydrogen (secondary N) is 1. The first-order valence-corrected chi connectivity index (χ1v) is 7.74. The van der Waals surface area contributed by atoms with Crippen molar-refractivity contribution in [1.82, 2.24) is 9.55 Å². The van der Waals surface area contributed by atoms with Gasteiger partial charge in [-0.3, -0.25) is 4.21 Å². The standard InChI is InChI=1S/C12H16N2O2S2/c1-8(7-18(3)15)14-11-5-4-9(16-2)6-10(11)13-12(14)17/h4-6,8H,7H2,1-3H3,(H,13,17). The molecule has 18 heavy (non-hydrogen) atoms. The third-order valence-corrected chi connectivity index (χ3v) is 4.09. The third-order valence-electron chi connectivity index (χ3n) is 2.84. The van der Waals surface area contributed by atoms with Gasteiger partial charge >= 0.3 is 0 Å². The Morgan fingerprint density at radius 3 is 2.89 bits per heavy atom. The minimum absolute atomic E-state index is 0.102. The first-order chi connectivity index (χ1) is 8.52. The summed E-state index contributed by atoms with van der Waals surface area (Å²) in [5, 5.41) is 0. The second-order valence-corrected chi connectivity index (χ2v) is 6.14. The summed E-state index contributed by atoms with van der Waals surface area (Å²) in [7, 11) is 0.791. The highest BCUT2D eigenvalue weighted by molar-refractivity contribution is 7.84. The lowest BCUT2D eigenvalue weighted by Gasteiger charge is -2.13. The minimum atomic E-state index is -0.843. The molecule has 4 nitrogen and oxygen atoms in total. The first-order valence-electron chi connectivity index (χ1n) is 5.61. The van der Waals surface area contributed by atoms with Gasteiger partial charge in [0.1, 0.15) is 5.75 Å². The summed E-state index contributed by atoms with van der Waals surface area (Å²) < 4.78 is 19.2. The van der Waals surface area contributed by atoms with Crippen LogP contribution in [0.25, 0.3) is 11.0 Å². The average Bonchev–Trinajstić information content (AvgIpc) is 2.62. The Morgan fingerprint density at radius 1 is 1.56 bits per heavy atom. The normalized spacial score (nSPS) is 14.6. The van der Waals surface area contributed by atoms with Gasteiger partial charge in [-0.1, -0.05) is 0 Å². The third kappa shape index (κ3) is 2.49. The molecule has 0 saturated heterocycles. The van der Waals surface area contributed by atoms with Crippen LogP contribution in [0.1, 0.15) is 13.0 Å². The Morgan fingerprint density at radius 2 is 2.28 bits per heavy atom. The second kappa shape index (κ2) is 5.24. The van der Waals surface area contributed by atoms with Gasteiger partial charge in [-0.2, -0.15) is 0 Å². The van der Waals surface area contributed by atoms with Crippen LogP contribution >= 0.6 is 12.2 Å². The van der Waals surface area contributed by atoms with E-state index in [0.29, 0.717) is 10.5 Å². The quantitative estimate of drug-likeness (QED) is 0.878. The fourth-order valence-electron chi connectivity index (χ4n) is 2.09. The van der Waals surface area contributed by atoms with E-state index in [1.807, 2.05) is 29.7 Å². The lowest BCUT2D eigenvalue weighted by molar-refractivity contribution is 0.415. The van der Waals surface area contributed by atoms with Gasteiger partial charge in [-0.15, -0.1) is 0 Å². The van der Waals surface area contributed by atoms with Crippen LogP contribution in [-0.2, 0) is 10.8 Å². The van der Waals surface area contributed by atoms with Crippen LogP contribution in [0.2, 0.25) is 0 Å². The topological polar surface area (TPSA) is 47.0 Å². The number of nitrogens with zero attached hydrogens (tertiary/aromatic N) is 1. The van der Waals surface area contributed by atoms with Crippen LogP contribution in [0.3, 0.4) is 0 Å². The Hall–Kier alpha value is -1.14. The highest BCUT2D eigenvalue weighted by atomic mass is 32.2. The number of benzene rings is 1. The molecule has 1 aromatic carbocycles. The zero-order valence-electron chi connectivity index (χ0n) is 10.6. The van der Waals surface area contributed by atoms with Crippen molar-refractivity contribution in [2.45, 2.75) is 13.0 Å². The number of fused-ring (bicyclic) bond motifs is 1. The first kappa shape index (κ1) is 13.3. The van der Waals surface area contributed by atoms with Crippen LogP contribution in [0.15, 0.2) is 18.2 Å². The van der Waals surface area contributed by atoms with Crippen molar-refractivity contribution in [3.8, 4) is 5.75 Å². The fraction of sp³-hybridized carbons (Fsp3) is 0.417. The highest BCUT2D eigenvalue weighted by Crippen LogP contribution is 2.23. The molecule has 0 radical (unpaired) electrons. The molecule has 1 N–H and O–H groups in total. The van der Waals surface area contributed by atoms with Crippen molar-refractivity contribution in [2.24, 2.45) is 0 Å². The lowest BCUT2D eigenvalue weighted by atomic mass is 10.3. The van der Waals surface area contributed by atoms with Crippen molar-refractivity contribution >= 4 is 34.1 Å². The molecular formula is C12H16N2O2S2. The monoisotopic (exact) mass is 284 g/mol. The largest absolute Gasteiger partial charge is 0.497 e. The van der Waals surface area contributed by atoms with Crippen molar-refractivity contribution in [3.05, 3.63) is 23.0 Å². The van der Waals surface area contributed by atoms with Gasteiger partial charge in [-0.25, -0.2) is 0 Å². The highest BCUT2D eigenvalue weighted by Gasteiger charge is 2.12. The molecule has 6 heteroatoms. The van der Waals surface area contributed by atoms with Gasteiger partial charge in [0.15, 0.2) is 4.77 Å². The second-order valence-electron chi connectivity index (χ2n) is 4.27. The van der Waals surface area contributed by atoms with Gasteiger partial charge in [0.25, 0.3) is 0 Å². The lowest BCUT2D eigenvalue weighted by Crippen LogP contribution is -2.12. The molecule has 2 atom stereocenters. The molecule has 0 fully saturated rings. The number of ether oxygens (including phenoxy) is 1. The Balaban J connectivity index is 2.54. The van der Waals surface area contributed by atoms with E-state index in [0.717, 1.165) is 16.8 Å². The van der Waals surface area contributed by atoms with Crippen LogP contribution in [-0.4, -0.2) is 32.9 Å². The van der Waals surface area contributed by atoms with Gasteiger partial charge < -0.3 is 14.3 Å². The molecule has 0 bridgehead atoms. The molecule has 2 unspecified atom stereocenters. The van der Waals surface area contributed by atoms with E-state index < -0.39 is 10.8 Å². The number of methoxy groups -OCH3 is 1. The molecule has 2 rings (SSSR count). The van der Waals surface area contributed by atoms with Gasteiger partial charge in [0.2, 0.25) is 0 Å². The van der Waals surface area contributed by atoms with Crippen molar-refractivity contribution in [1.29, 1.82) is 0 Å². The van der Waals surface area contributed by atoms with Gasteiger partial charge in [0, 0.05) is 34.9 Å². The summed E-state index contributed by atoms with van der Waals surface area (Å²) in [6.07, 6.45) is 1.71. The number of aromatic amines is 1. The van der Waals surface area contributed by atoms with Gasteiger partial charge in [0.05, 0.1) is 18.1 Å². The maximum Gasteiger partial charge on any atom is 0.178 e. The van der Waals surface area contributed by atoms with Gasteiger partial charge in [-0.05, 0) is 31.3 Å². The molecule has 0 aliphatic carbocycles. The average molecular weight is 284 g/mol. The maximum atomic E-state index is 11.3. The molecule has 0 aliphatic rings. The zero-order chi connectivity index (χ0) is 13.3. The summed E-state index contributed by atoms with van der Waals surface area (Å²) in [6.45, 7) is 2.02. The molecule has 2 aromatic rings. The number of H-pyrrole nitrogens is 1. The van der Waals surface area contributed by atoms with Crippen LogP contribution < -0.4 is 4.74 Å². The minimum Gasteiger partial charge on any atom is -0.497 e. The molecule has 0 saturated carbocycles. The molecular weight excluding hydrogens is 268 g/mol. The van der Waals surface area contributed by atoms with E-state index >= 15 is 0 Å². The van der Waals surface area contributed by atoms with Crippen LogP contribution in [0, 0.1) is 4.77 Å². The van der Waals surface area contributed by atoms with Crippen molar-refractivity contribution < 1.29 is 8.95 Å². The van der Waals surface area contributed by atoms with Crippen molar-refractivity contribution in [3.63, 3.8) is 0 Å². The molecule has 0 amide bonds. The van der Waals surface area contributed by atoms with E-state index in [1.165, 1.54) is 0 Å². The van der Waals surface area contributed by atoms with Crippen LogP contribution in [0.4, 0.5) is 0 Å². The summed E-state index contributed by atoms with van der Waals surface area (Å²) in [5.41, 5.74) is 1.95. The molecule has 0 aliphatic heterocycles. The molecule has 1 aromatic heterocycles.